The fourth-order valence-corrected chi connectivity index (χ4v) is 1.93. The predicted octanol–water partition coefficient (Wildman–Crippen LogP) is 1.58. The number of hydrogen-bond donors (Lipinski definition) is 2. The van der Waals surface area contributed by atoms with E-state index >= 15 is 0 Å². The maximum absolute atomic E-state index is 9.61. The van der Waals surface area contributed by atoms with Crippen molar-refractivity contribution >= 4 is 11.6 Å². The molecule has 1 heterocycles. The lowest BCUT2D eigenvalue weighted by Crippen LogP contribution is -2.40. The highest BCUT2D eigenvalue weighted by molar-refractivity contribution is 6.30. The lowest BCUT2D eigenvalue weighted by atomic mass is 10.1. The van der Waals surface area contributed by atoms with Gasteiger partial charge in [0.05, 0.1) is 18.8 Å². The van der Waals surface area contributed by atoms with E-state index < -0.39 is 12.4 Å². The minimum absolute atomic E-state index is 0.114. The Bertz CT molecular complexity index is 354. The summed E-state index contributed by atoms with van der Waals surface area (Å²) < 4.78 is 11.0. The molecule has 0 amide bonds. The molecule has 94 valence electrons. The SMILES string of the molecule is OC[C@H]1CC(O)C[C@@H](Oc2ccc(Cl)cc2)O1. The topological polar surface area (TPSA) is 58.9 Å². The normalized spacial score (nSPS) is 29.0. The Labute approximate surface area is 105 Å². The van der Waals surface area contributed by atoms with E-state index in [0.717, 1.165) is 0 Å². The number of rotatable bonds is 3. The molecule has 1 fully saturated rings. The van der Waals surface area contributed by atoms with Crippen molar-refractivity contribution < 1.29 is 19.7 Å². The van der Waals surface area contributed by atoms with Crippen molar-refractivity contribution in [1.29, 1.82) is 0 Å². The zero-order chi connectivity index (χ0) is 12.3. The predicted molar refractivity (Wildman–Crippen MR) is 63.1 cm³/mol. The molecular formula is C12H15ClO4. The Hall–Kier alpha value is -0.810. The third-order valence-corrected chi connectivity index (χ3v) is 2.88. The first-order valence-corrected chi connectivity index (χ1v) is 5.92. The minimum Gasteiger partial charge on any atom is -0.465 e. The zero-order valence-electron chi connectivity index (χ0n) is 9.25. The quantitative estimate of drug-likeness (QED) is 0.864. The van der Waals surface area contributed by atoms with Gasteiger partial charge in [0, 0.05) is 17.9 Å². The van der Waals surface area contributed by atoms with Gasteiger partial charge in [0.25, 0.3) is 0 Å². The van der Waals surface area contributed by atoms with Crippen LogP contribution in [-0.4, -0.2) is 35.3 Å². The van der Waals surface area contributed by atoms with Crippen LogP contribution in [0.2, 0.25) is 5.02 Å². The molecule has 0 aliphatic carbocycles. The first-order chi connectivity index (χ1) is 8.17. The van der Waals surface area contributed by atoms with Gasteiger partial charge < -0.3 is 19.7 Å². The van der Waals surface area contributed by atoms with E-state index in [2.05, 4.69) is 0 Å². The third kappa shape index (κ3) is 3.57. The molecule has 0 saturated carbocycles. The van der Waals surface area contributed by atoms with Gasteiger partial charge in [-0.2, -0.15) is 0 Å². The largest absolute Gasteiger partial charge is 0.465 e. The average Bonchev–Trinajstić information content (AvgIpc) is 2.31. The number of halogens is 1. The van der Waals surface area contributed by atoms with Crippen LogP contribution in [-0.2, 0) is 4.74 Å². The van der Waals surface area contributed by atoms with Crippen molar-refractivity contribution in [3.8, 4) is 5.75 Å². The maximum Gasteiger partial charge on any atom is 0.202 e. The van der Waals surface area contributed by atoms with Gasteiger partial charge in [-0.25, -0.2) is 0 Å². The Balaban J connectivity index is 1.95. The van der Waals surface area contributed by atoms with Crippen LogP contribution in [0.25, 0.3) is 0 Å². The molecule has 2 N–H and O–H groups in total. The summed E-state index contributed by atoms with van der Waals surface area (Å²) in [6, 6.07) is 6.92. The van der Waals surface area contributed by atoms with Gasteiger partial charge in [-0.3, -0.25) is 0 Å². The van der Waals surface area contributed by atoms with E-state index in [1.165, 1.54) is 0 Å². The lowest BCUT2D eigenvalue weighted by Gasteiger charge is -2.32. The zero-order valence-corrected chi connectivity index (χ0v) is 10.0. The van der Waals surface area contributed by atoms with Gasteiger partial charge in [0.1, 0.15) is 5.75 Å². The molecule has 4 nitrogen and oxygen atoms in total. The Morgan fingerprint density at radius 2 is 2.00 bits per heavy atom. The van der Waals surface area contributed by atoms with Gasteiger partial charge in [0.2, 0.25) is 6.29 Å². The van der Waals surface area contributed by atoms with Crippen LogP contribution in [0.3, 0.4) is 0 Å². The van der Waals surface area contributed by atoms with Crippen molar-refractivity contribution in [2.24, 2.45) is 0 Å². The van der Waals surface area contributed by atoms with E-state index in [9.17, 15) is 5.11 Å². The summed E-state index contributed by atoms with van der Waals surface area (Å²) in [6.45, 7) is -0.114. The van der Waals surface area contributed by atoms with Crippen molar-refractivity contribution in [2.45, 2.75) is 31.3 Å². The molecule has 5 heteroatoms. The molecular weight excluding hydrogens is 244 g/mol. The number of ether oxygens (including phenoxy) is 2. The number of aliphatic hydroxyl groups is 2. The Kier molecular flexibility index (Phi) is 4.23. The smallest absolute Gasteiger partial charge is 0.202 e. The molecule has 1 aliphatic heterocycles. The van der Waals surface area contributed by atoms with Crippen molar-refractivity contribution in [3.05, 3.63) is 29.3 Å². The molecule has 3 atom stereocenters. The van der Waals surface area contributed by atoms with Crippen LogP contribution >= 0.6 is 11.6 Å². The molecule has 17 heavy (non-hydrogen) atoms. The summed E-state index contributed by atoms with van der Waals surface area (Å²) in [6.07, 6.45) is -0.554. The number of hydrogen-bond acceptors (Lipinski definition) is 4. The number of aliphatic hydroxyl groups excluding tert-OH is 2. The Morgan fingerprint density at radius 3 is 2.65 bits per heavy atom. The lowest BCUT2D eigenvalue weighted by molar-refractivity contribution is -0.184. The fraction of sp³-hybridized carbons (Fsp3) is 0.500. The summed E-state index contributed by atoms with van der Waals surface area (Å²) in [5.74, 6) is 0.630. The molecule has 0 radical (unpaired) electrons. The monoisotopic (exact) mass is 258 g/mol. The van der Waals surface area contributed by atoms with Crippen molar-refractivity contribution in [1.82, 2.24) is 0 Å². The van der Waals surface area contributed by atoms with Crippen LogP contribution in [0, 0.1) is 0 Å². The minimum atomic E-state index is -0.530. The molecule has 1 aliphatic rings. The van der Waals surface area contributed by atoms with Gasteiger partial charge >= 0.3 is 0 Å². The highest BCUT2D eigenvalue weighted by Crippen LogP contribution is 2.23. The molecule has 0 spiro atoms. The highest BCUT2D eigenvalue weighted by atomic mass is 35.5. The van der Waals surface area contributed by atoms with Crippen LogP contribution in [0.4, 0.5) is 0 Å². The van der Waals surface area contributed by atoms with Gasteiger partial charge in [-0.15, -0.1) is 0 Å². The second-order valence-corrected chi connectivity index (χ2v) is 4.50. The average molecular weight is 259 g/mol. The molecule has 1 aromatic carbocycles. The second kappa shape index (κ2) is 5.69. The fourth-order valence-electron chi connectivity index (χ4n) is 1.81. The van der Waals surface area contributed by atoms with Crippen LogP contribution < -0.4 is 4.74 Å². The summed E-state index contributed by atoms with van der Waals surface area (Å²) in [4.78, 5) is 0. The summed E-state index contributed by atoms with van der Waals surface area (Å²) >= 11 is 5.76. The van der Waals surface area contributed by atoms with Gasteiger partial charge in [0.15, 0.2) is 0 Å². The standard InChI is InChI=1S/C12H15ClO4/c13-8-1-3-10(4-2-8)16-12-6-9(15)5-11(7-14)17-12/h1-4,9,11-12,14-15H,5-7H2/t9?,11-,12+/m1/s1. The van der Waals surface area contributed by atoms with E-state index in [1.807, 2.05) is 0 Å². The first-order valence-electron chi connectivity index (χ1n) is 5.54. The van der Waals surface area contributed by atoms with E-state index in [0.29, 0.717) is 23.6 Å². The highest BCUT2D eigenvalue weighted by Gasteiger charge is 2.29. The molecule has 1 saturated heterocycles. The third-order valence-electron chi connectivity index (χ3n) is 2.63. The van der Waals surface area contributed by atoms with Crippen molar-refractivity contribution in [3.63, 3.8) is 0 Å². The van der Waals surface area contributed by atoms with Crippen LogP contribution in [0.5, 0.6) is 5.75 Å². The summed E-state index contributed by atoms with van der Waals surface area (Å²) in [5.41, 5.74) is 0. The first kappa shape index (κ1) is 12.6. The van der Waals surface area contributed by atoms with Crippen LogP contribution in [0.1, 0.15) is 12.8 Å². The molecule has 2 rings (SSSR count). The van der Waals surface area contributed by atoms with E-state index in [4.69, 9.17) is 26.2 Å². The van der Waals surface area contributed by atoms with E-state index in [-0.39, 0.29) is 12.7 Å². The number of benzene rings is 1. The molecule has 0 bridgehead atoms. The van der Waals surface area contributed by atoms with Crippen molar-refractivity contribution in [2.75, 3.05) is 6.61 Å². The summed E-state index contributed by atoms with van der Waals surface area (Å²) in [5, 5.41) is 19.3. The second-order valence-electron chi connectivity index (χ2n) is 4.07. The molecule has 1 aromatic rings. The van der Waals surface area contributed by atoms with Crippen LogP contribution in [0.15, 0.2) is 24.3 Å². The Morgan fingerprint density at radius 1 is 1.29 bits per heavy atom. The van der Waals surface area contributed by atoms with Gasteiger partial charge in [-0.1, -0.05) is 11.6 Å². The molecule has 0 aromatic heterocycles. The molecule has 1 unspecified atom stereocenters. The summed E-state index contributed by atoms with van der Waals surface area (Å²) in [7, 11) is 0. The maximum atomic E-state index is 9.61. The van der Waals surface area contributed by atoms with Gasteiger partial charge in [-0.05, 0) is 24.3 Å². The van der Waals surface area contributed by atoms with E-state index in [1.54, 1.807) is 24.3 Å².